The summed E-state index contributed by atoms with van der Waals surface area (Å²) in [4.78, 5) is 16.1. The molecule has 1 fully saturated rings. The normalized spacial score (nSPS) is 22.4. The van der Waals surface area contributed by atoms with Gasteiger partial charge in [0.2, 0.25) is 0 Å². The number of hydrogen-bond acceptors (Lipinski definition) is 4. The van der Waals surface area contributed by atoms with Crippen molar-refractivity contribution >= 4 is 11.7 Å². The van der Waals surface area contributed by atoms with Crippen molar-refractivity contribution in [2.75, 3.05) is 32.4 Å². The molecule has 1 amide bonds. The summed E-state index contributed by atoms with van der Waals surface area (Å²) in [5.74, 6) is 0.328. The number of rotatable bonds is 1. The Morgan fingerprint density at radius 3 is 2.94 bits per heavy atom. The van der Waals surface area contributed by atoms with Gasteiger partial charge in [-0.2, -0.15) is 5.10 Å². The van der Waals surface area contributed by atoms with Crippen LogP contribution < -0.4 is 5.73 Å². The maximum Gasteiger partial charge on any atom is 0.272 e. The van der Waals surface area contributed by atoms with Crippen molar-refractivity contribution in [2.45, 2.75) is 13.0 Å². The molecule has 0 spiro atoms. The Labute approximate surface area is 94.4 Å². The number of H-pyrrole nitrogens is 1. The molecule has 1 atom stereocenters. The van der Waals surface area contributed by atoms with Crippen molar-refractivity contribution in [1.29, 1.82) is 0 Å². The van der Waals surface area contributed by atoms with E-state index in [4.69, 9.17) is 5.73 Å². The number of carbonyl (C=O) groups excluding carboxylic acids is 1. The molecule has 2 rings (SSSR count). The minimum Gasteiger partial charge on any atom is -0.382 e. The van der Waals surface area contributed by atoms with Crippen LogP contribution in [0.25, 0.3) is 0 Å². The molecule has 1 saturated heterocycles. The number of aromatic amines is 1. The molecule has 16 heavy (non-hydrogen) atoms. The van der Waals surface area contributed by atoms with Gasteiger partial charge in [0.25, 0.3) is 5.91 Å². The van der Waals surface area contributed by atoms with E-state index in [1.807, 2.05) is 4.90 Å². The second-order valence-corrected chi connectivity index (χ2v) is 4.29. The lowest BCUT2D eigenvalue weighted by atomic mass is 10.2. The summed E-state index contributed by atoms with van der Waals surface area (Å²) in [7, 11) is 2.07. The highest BCUT2D eigenvalue weighted by atomic mass is 16.2. The lowest BCUT2D eigenvalue weighted by Gasteiger charge is -2.37. The molecular weight excluding hydrogens is 206 g/mol. The number of piperazine rings is 1. The zero-order chi connectivity index (χ0) is 11.7. The highest BCUT2D eigenvalue weighted by molar-refractivity contribution is 5.93. The van der Waals surface area contributed by atoms with Crippen LogP contribution in [0.1, 0.15) is 17.4 Å². The van der Waals surface area contributed by atoms with Gasteiger partial charge in [0.1, 0.15) is 11.5 Å². The molecule has 3 N–H and O–H groups in total. The molecule has 0 saturated carbocycles. The Kier molecular flexibility index (Phi) is 2.82. The average Bonchev–Trinajstić information content (AvgIpc) is 2.68. The third-order valence-corrected chi connectivity index (χ3v) is 3.07. The highest BCUT2D eigenvalue weighted by Crippen LogP contribution is 2.11. The van der Waals surface area contributed by atoms with Gasteiger partial charge in [0, 0.05) is 31.7 Å². The first-order chi connectivity index (χ1) is 7.58. The number of nitrogens with two attached hydrogens (primary N) is 1. The number of nitrogens with zero attached hydrogens (tertiary/aromatic N) is 3. The maximum absolute atomic E-state index is 12.0. The molecule has 0 bridgehead atoms. The zero-order valence-electron chi connectivity index (χ0n) is 9.60. The van der Waals surface area contributed by atoms with Gasteiger partial charge in [0.15, 0.2) is 0 Å². The van der Waals surface area contributed by atoms with Crippen LogP contribution >= 0.6 is 0 Å². The molecular formula is C10H17N5O. The standard InChI is InChI=1S/C10H17N5O/c1-7-6-15(4-3-14(7)2)10(16)8-5-9(11)13-12-8/h5,7H,3-4,6H2,1-2H3,(H3,11,12,13). The Morgan fingerprint density at radius 2 is 2.38 bits per heavy atom. The number of carbonyl (C=O) groups is 1. The predicted molar refractivity (Wildman–Crippen MR) is 61.0 cm³/mol. The van der Waals surface area contributed by atoms with Crippen molar-refractivity contribution in [3.63, 3.8) is 0 Å². The first kappa shape index (κ1) is 10.9. The van der Waals surface area contributed by atoms with Gasteiger partial charge in [-0.3, -0.25) is 9.89 Å². The molecule has 0 aliphatic carbocycles. The second-order valence-electron chi connectivity index (χ2n) is 4.29. The Balaban J connectivity index is 2.06. The second kappa shape index (κ2) is 4.13. The molecule has 1 unspecified atom stereocenters. The SMILES string of the molecule is CC1CN(C(=O)c2cc(N)n[nH]2)CCN1C. The number of nitrogen functional groups attached to an aromatic ring is 1. The summed E-state index contributed by atoms with van der Waals surface area (Å²) in [6.45, 7) is 4.50. The van der Waals surface area contributed by atoms with Crippen LogP contribution in [0.4, 0.5) is 5.82 Å². The van der Waals surface area contributed by atoms with Crippen LogP contribution in [0.3, 0.4) is 0 Å². The van der Waals surface area contributed by atoms with Gasteiger partial charge in [0.05, 0.1) is 0 Å². The van der Waals surface area contributed by atoms with Gasteiger partial charge < -0.3 is 15.5 Å². The topological polar surface area (TPSA) is 78.2 Å². The highest BCUT2D eigenvalue weighted by Gasteiger charge is 2.25. The van der Waals surface area contributed by atoms with E-state index in [9.17, 15) is 4.79 Å². The molecule has 1 aliphatic heterocycles. The molecule has 2 heterocycles. The molecule has 6 heteroatoms. The number of aromatic nitrogens is 2. The monoisotopic (exact) mass is 223 g/mol. The van der Waals surface area contributed by atoms with Gasteiger partial charge in [-0.05, 0) is 14.0 Å². The zero-order valence-corrected chi connectivity index (χ0v) is 9.60. The van der Waals surface area contributed by atoms with E-state index in [1.54, 1.807) is 6.07 Å². The number of hydrogen-bond donors (Lipinski definition) is 2. The largest absolute Gasteiger partial charge is 0.382 e. The van der Waals surface area contributed by atoms with Crippen molar-refractivity contribution in [3.05, 3.63) is 11.8 Å². The molecule has 1 aromatic rings. The third-order valence-electron chi connectivity index (χ3n) is 3.07. The molecule has 1 aliphatic rings. The quantitative estimate of drug-likeness (QED) is 0.689. The van der Waals surface area contributed by atoms with E-state index in [0.717, 1.165) is 19.6 Å². The Bertz CT molecular complexity index is 388. The number of nitrogens with one attached hydrogen (secondary N) is 1. The number of likely N-dealkylation sites (N-methyl/N-ethyl adjacent to an activating group) is 1. The molecule has 6 nitrogen and oxygen atoms in total. The Morgan fingerprint density at radius 1 is 1.62 bits per heavy atom. The van der Waals surface area contributed by atoms with Crippen LogP contribution in [-0.4, -0.2) is 58.6 Å². The van der Waals surface area contributed by atoms with Crippen LogP contribution in [0, 0.1) is 0 Å². The van der Waals surface area contributed by atoms with Crippen molar-refractivity contribution < 1.29 is 4.79 Å². The number of amides is 1. The first-order valence-corrected chi connectivity index (χ1v) is 5.38. The van der Waals surface area contributed by atoms with E-state index in [-0.39, 0.29) is 5.91 Å². The van der Waals surface area contributed by atoms with Gasteiger partial charge in [-0.1, -0.05) is 0 Å². The van der Waals surface area contributed by atoms with E-state index < -0.39 is 0 Å². The summed E-state index contributed by atoms with van der Waals surface area (Å²) in [5, 5.41) is 6.41. The number of anilines is 1. The molecule has 0 aromatic carbocycles. The van der Waals surface area contributed by atoms with E-state index in [2.05, 4.69) is 29.1 Å². The van der Waals surface area contributed by atoms with Gasteiger partial charge >= 0.3 is 0 Å². The van der Waals surface area contributed by atoms with Gasteiger partial charge in [-0.15, -0.1) is 0 Å². The summed E-state index contributed by atoms with van der Waals surface area (Å²) in [6.07, 6.45) is 0. The predicted octanol–water partition coefficient (Wildman–Crippen LogP) is -0.232. The van der Waals surface area contributed by atoms with Crippen molar-refractivity contribution in [2.24, 2.45) is 0 Å². The van der Waals surface area contributed by atoms with Crippen LogP contribution in [0.15, 0.2) is 6.07 Å². The lowest BCUT2D eigenvalue weighted by molar-refractivity contribution is 0.0567. The summed E-state index contributed by atoms with van der Waals surface area (Å²) in [5.41, 5.74) is 5.94. The summed E-state index contributed by atoms with van der Waals surface area (Å²) < 4.78 is 0. The van der Waals surface area contributed by atoms with E-state index in [0.29, 0.717) is 17.6 Å². The van der Waals surface area contributed by atoms with Crippen molar-refractivity contribution in [3.8, 4) is 0 Å². The minimum absolute atomic E-state index is 0.0239. The van der Waals surface area contributed by atoms with E-state index >= 15 is 0 Å². The lowest BCUT2D eigenvalue weighted by Crippen LogP contribution is -2.52. The fourth-order valence-corrected chi connectivity index (χ4v) is 1.85. The maximum atomic E-state index is 12.0. The molecule has 1 aromatic heterocycles. The fourth-order valence-electron chi connectivity index (χ4n) is 1.85. The summed E-state index contributed by atoms with van der Waals surface area (Å²) >= 11 is 0. The minimum atomic E-state index is -0.0239. The van der Waals surface area contributed by atoms with Crippen LogP contribution in [0.5, 0.6) is 0 Å². The molecule has 88 valence electrons. The van der Waals surface area contributed by atoms with Gasteiger partial charge in [-0.25, -0.2) is 0 Å². The third kappa shape index (κ3) is 2.01. The first-order valence-electron chi connectivity index (χ1n) is 5.38. The smallest absolute Gasteiger partial charge is 0.272 e. The van der Waals surface area contributed by atoms with E-state index in [1.165, 1.54) is 0 Å². The van der Waals surface area contributed by atoms with Crippen LogP contribution in [-0.2, 0) is 0 Å². The molecule has 0 radical (unpaired) electrons. The fraction of sp³-hybridized carbons (Fsp3) is 0.600. The Hall–Kier alpha value is -1.56. The van der Waals surface area contributed by atoms with Crippen molar-refractivity contribution in [1.82, 2.24) is 20.0 Å². The van der Waals surface area contributed by atoms with Crippen LogP contribution in [0.2, 0.25) is 0 Å². The average molecular weight is 223 g/mol. The summed E-state index contributed by atoms with van der Waals surface area (Å²) in [6, 6.07) is 1.96.